The molecule has 1 aliphatic carbocycles. The van der Waals surface area contributed by atoms with Gasteiger partial charge in [0.2, 0.25) is 0 Å². The lowest BCUT2D eigenvalue weighted by atomic mass is 9.84. The van der Waals surface area contributed by atoms with E-state index in [-0.39, 0.29) is 12.7 Å². The summed E-state index contributed by atoms with van der Waals surface area (Å²) in [6.07, 6.45) is 4.33. The zero-order chi connectivity index (χ0) is 16.4. The van der Waals surface area contributed by atoms with Crippen LogP contribution in [0.15, 0.2) is 0 Å². The normalized spacial score (nSPS) is 22.4. The number of carbonyl (C=O) groups excluding carboxylic acids is 1. The molecule has 22 heavy (non-hydrogen) atoms. The molecule has 0 spiro atoms. The molecule has 0 radical (unpaired) electrons. The fourth-order valence-electron chi connectivity index (χ4n) is 2.73. The van der Waals surface area contributed by atoms with E-state index in [1.807, 2.05) is 20.8 Å². The van der Waals surface area contributed by atoms with Gasteiger partial charge in [0.1, 0.15) is 5.60 Å². The summed E-state index contributed by atoms with van der Waals surface area (Å²) in [6, 6.07) is 0.404. The number of aliphatic hydroxyl groups excluding tert-OH is 1. The number of nitrogens with one attached hydrogen (secondary N) is 2. The first-order chi connectivity index (χ1) is 10.4. The van der Waals surface area contributed by atoms with Crippen molar-refractivity contribution in [2.24, 2.45) is 5.92 Å². The zero-order valence-electron chi connectivity index (χ0n) is 14.2. The number of hydrogen-bond acceptors (Lipinski definition) is 5. The van der Waals surface area contributed by atoms with E-state index in [2.05, 4.69) is 10.6 Å². The van der Waals surface area contributed by atoms with Crippen molar-refractivity contribution in [3.05, 3.63) is 0 Å². The van der Waals surface area contributed by atoms with E-state index >= 15 is 0 Å². The molecule has 2 unspecified atom stereocenters. The van der Waals surface area contributed by atoms with Crippen LogP contribution in [0.3, 0.4) is 0 Å². The molecule has 3 N–H and O–H groups in total. The molecule has 0 heterocycles. The topological polar surface area (TPSA) is 79.8 Å². The molecule has 1 fully saturated rings. The maximum atomic E-state index is 11.7. The van der Waals surface area contributed by atoms with Gasteiger partial charge in [0.25, 0.3) is 0 Å². The molecular weight excluding hydrogens is 284 g/mol. The largest absolute Gasteiger partial charge is 0.444 e. The predicted octanol–water partition coefficient (Wildman–Crippen LogP) is 1.67. The lowest BCUT2D eigenvalue weighted by Gasteiger charge is -2.32. The van der Waals surface area contributed by atoms with Gasteiger partial charge in [-0.15, -0.1) is 0 Å². The third-order valence-corrected chi connectivity index (χ3v) is 3.71. The number of aliphatic hydroxyl groups is 1. The molecular formula is C16H32N2O4. The van der Waals surface area contributed by atoms with Crippen molar-refractivity contribution in [2.75, 3.05) is 32.9 Å². The summed E-state index contributed by atoms with van der Waals surface area (Å²) in [5.74, 6) is 0.430. The molecule has 0 aromatic rings. The van der Waals surface area contributed by atoms with Crippen molar-refractivity contribution in [1.29, 1.82) is 0 Å². The number of ether oxygens (including phenoxy) is 2. The second-order valence-electron chi connectivity index (χ2n) is 6.82. The Morgan fingerprint density at radius 1 is 1.23 bits per heavy atom. The molecule has 2 atom stereocenters. The van der Waals surface area contributed by atoms with Gasteiger partial charge < -0.3 is 25.2 Å². The monoisotopic (exact) mass is 316 g/mol. The molecule has 130 valence electrons. The number of rotatable bonds is 8. The van der Waals surface area contributed by atoms with E-state index in [0.29, 0.717) is 31.7 Å². The van der Waals surface area contributed by atoms with Crippen molar-refractivity contribution >= 4 is 6.09 Å². The molecule has 1 aliphatic rings. The quantitative estimate of drug-likeness (QED) is 0.594. The van der Waals surface area contributed by atoms with E-state index < -0.39 is 5.60 Å². The van der Waals surface area contributed by atoms with Gasteiger partial charge in [-0.05, 0) is 39.5 Å². The first kappa shape index (κ1) is 19.2. The van der Waals surface area contributed by atoms with Crippen LogP contribution in [0.25, 0.3) is 0 Å². The van der Waals surface area contributed by atoms with Crippen LogP contribution in [0, 0.1) is 5.92 Å². The molecule has 1 rings (SSSR count). The van der Waals surface area contributed by atoms with Gasteiger partial charge in [0, 0.05) is 19.1 Å². The highest BCUT2D eigenvalue weighted by Gasteiger charge is 2.25. The Morgan fingerprint density at radius 3 is 2.64 bits per heavy atom. The predicted molar refractivity (Wildman–Crippen MR) is 85.9 cm³/mol. The van der Waals surface area contributed by atoms with Crippen LogP contribution in [-0.4, -0.2) is 55.8 Å². The second-order valence-corrected chi connectivity index (χ2v) is 6.82. The number of carbonyl (C=O) groups is 1. The second kappa shape index (κ2) is 10.0. The van der Waals surface area contributed by atoms with Crippen molar-refractivity contribution in [3.8, 4) is 0 Å². The van der Waals surface area contributed by atoms with E-state index in [4.69, 9.17) is 14.6 Å². The van der Waals surface area contributed by atoms with E-state index in [1.165, 1.54) is 12.8 Å². The standard InChI is InChI=1S/C16H32N2O4/c1-16(2,3)22-15(20)18-12-13-6-4-5-7-14(13)17-8-10-21-11-9-19/h13-14,17,19H,4-12H2,1-3H3,(H,18,20). The molecule has 0 saturated heterocycles. The average Bonchev–Trinajstić information content (AvgIpc) is 2.44. The van der Waals surface area contributed by atoms with Crippen molar-refractivity contribution in [3.63, 3.8) is 0 Å². The first-order valence-electron chi connectivity index (χ1n) is 8.31. The lowest BCUT2D eigenvalue weighted by Crippen LogP contribution is -2.45. The van der Waals surface area contributed by atoms with Gasteiger partial charge in [0.05, 0.1) is 19.8 Å². The van der Waals surface area contributed by atoms with Crippen LogP contribution < -0.4 is 10.6 Å². The van der Waals surface area contributed by atoms with Crippen molar-refractivity contribution in [1.82, 2.24) is 10.6 Å². The minimum Gasteiger partial charge on any atom is -0.444 e. The fraction of sp³-hybridized carbons (Fsp3) is 0.938. The summed E-state index contributed by atoms with van der Waals surface area (Å²) < 4.78 is 10.5. The van der Waals surface area contributed by atoms with Crippen molar-refractivity contribution in [2.45, 2.75) is 58.1 Å². The Hall–Kier alpha value is -0.850. The fourth-order valence-corrected chi connectivity index (χ4v) is 2.73. The molecule has 6 nitrogen and oxygen atoms in total. The van der Waals surface area contributed by atoms with Gasteiger partial charge in [-0.25, -0.2) is 4.79 Å². The smallest absolute Gasteiger partial charge is 0.407 e. The molecule has 0 aromatic carbocycles. The summed E-state index contributed by atoms with van der Waals surface area (Å²) in [5.41, 5.74) is -0.460. The van der Waals surface area contributed by atoms with E-state index in [9.17, 15) is 4.79 Å². The molecule has 0 bridgehead atoms. The number of alkyl carbamates (subject to hydrolysis) is 1. The highest BCUT2D eigenvalue weighted by atomic mass is 16.6. The maximum Gasteiger partial charge on any atom is 0.407 e. The summed E-state index contributed by atoms with van der Waals surface area (Å²) >= 11 is 0. The van der Waals surface area contributed by atoms with E-state index in [1.54, 1.807) is 0 Å². The van der Waals surface area contributed by atoms with Gasteiger partial charge in [-0.3, -0.25) is 0 Å². The average molecular weight is 316 g/mol. The lowest BCUT2D eigenvalue weighted by molar-refractivity contribution is 0.0508. The summed E-state index contributed by atoms with van der Waals surface area (Å²) in [4.78, 5) is 11.7. The zero-order valence-corrected chi connectivity index (χ0v) is 14.2. The maximum absolute atomic E-state index is 11.7. The summed E-state index contributed by atoms with van der Waals surface area (Å²) in [5, 5.41) is 15.0. The summed E-state index contributed by atoms with van der Waals surface area (Å²) in [6.45, 7) is 8.06. The molecule has 0 aromatic heterocycles. The Kier molecular flexibility index (Phi) is 8.75. The molecule has 6 heteroatoms. The van der Waals surface area contributed by atoms with Crippen LogP contribution in [0.2, 0.25) is 0 Å². The summed E-state index contributed by atoms with van der Waals surface area (Å²) in [7, 11) is 0. The Balaban J connectivity index is 2.27. The minimum atomic E-state index is -0.460. The minimum absolute atomic E-state index is 0.0614. The van der Waals surface area contributed by atoms with Crippen LogP contribution in [0.5, 0.6) is 0 Å². The Morgan fingerprint density at radius 2 is 1.95 bits per heavy atom. The highest BCUT2D eigenvalue weighted by Crippen LogP contribution is 2.24. The van der Waals surface area contributed by atoms with Gasteiger partial charge >= 0.3 is 6.09 Å². The van der Waals surface area contributed by atoms with Crippen LogP contribution >= 0.6 is 0 Å². The Labute approximate surface area is 133 Å². The van der Waals surface area contributed by atoms with Crippen molar-refractivity contribution < 1.29 is 19.4 Å². The first-order valence-corrected chi connectivity index (χ1v) is 8.31. The third-order valence-electron chi connectivity index (χ3n) is 3.71. The van der Waals surface area contributed by atoms with Gasteiger partial charge in [-0.1, -0.05) is 12.8 Å². The van der Waals surface area contributed by atoms with E-state index in [0.717, 1.165) is 19.4 Å². The number of amides is 1. The molecule has 1 amide bonds. The van der Waals surface area contributed by atoms with Crippen LogP contribution in [0.1, 0.15) is 46.5 Å². The third kappa shape index (κ3) is 8.56. The Bertz CT molecular complexity index is 318. The van der Waals surface area contributed by atoms with Crippen LogP contribution in [-0.2, 0) is 9.47 Å². The number of hydrogen-bond donors (Lipinski definition) is 3. The van der Waals surface area contributed by atoms with Gasteiger partial charge in [-0.2, -0.15) is 0 Å². The van der Waals surface area contributed by atoms with Crippen LogP contribution in [0.4, 0.5) is 4.79 Å². The SMILES string of the molecule is CC(C)(C)OC(=O)NCC1CCCCC1NCCOCCO. The molecule has 1 saturated carbocycles. The highest BCUT2D eigenvalue weighted by molar-refractivity contribution is 5.67. The molecule has 0 aliphatic heterocycles. The van der Waals surface area contributed by atoms with Gasteiger partial charge in [0.15, 0.2) is 0 Å².